The molecular weight excluding hydrogens is 275 g/mol. The van der Waals surface area contributed by atoms with Gasteiger partial charge >= 0.3 is 0 Å². The summed E-state index contributed by atoms with van der Waals surface area (Å²) in [6, 6.07) is 3.89. The molecular formula is C15H19FN2O3. The molecule has 0 aromatic heterocycles. The zero-order valence-electron chi connectivity index (χ0n) is 12.3. The fourth-order valence-electron chi connectivity index (χ4n) is 2.40. The standard InChI is InChI=1S/C15H19FN2O3/c1-3-14(19)17-6-8-18(9-7-17)15(20)12-10-11(16)4-5-13(12)21-2/h4-5,10H,3,6-9H2,1-2H3. The summed E-state index contributed by atoms with van der Waals surface area (Å²) >= 11 is 0. The summed E-state index contributed by atoms with van der Waals surface area (Å²) in [5, 5.41) is 0. The van der Waals surface area contributed by atoms with Gasteiger partial charge in [-0.15, -0.1) is 0 Å². The van der Waals surface area contributed by atoms with Gasteiger partial charge in [0, 0.05) is 32.6 Å². The molecule has 21 heavy (non-hydrogen) atoms. The Morgan fingerprint density at radius 2 is 1.81 bits per heavy atom. The Morgan fingerprint density at radius 3 is 2.38 bits per heavy atom. The van der Waals surface area contributed by atoms with Crippen molar-refractivity contribution in [3.63, 3.8) is 0 Å². The Bertz CT molecular complexity index is 540. The lowest BCUT2D eigenvalue weighted by atomic mass is 10.1. The van der Waals surface area contributed by atoms with Crippen LogP contribution in [0.15, 0.2) is 18.2 Å². The van der Waals surface area contributed by atoms with E-state index in [1.165, 1.54) is 25.3 Å². The third-order valence-electron chi connectivity index (χ3n) is 3.61. The molecule has 1 heterocycles. The van der Waals surface area contributed by atoms with Crippen LogP contribution in [0.2, 0.25) is 0 Å². The molecule has 2 rings (SSSR count). The number of hydrogen-bond donors (Lipinski definition) is 0. The number of carbonyl (C=O) groups excluding carboxylic acids is 2. The number of amides is 2. The molecule has 1 aliphatic heterocycles. The summed E-state index contributed by atoms with van der Waals surface area (Å²) in [7, 11) is 1.45. The van der Waals surface area contributed by atoms with Crippen molar-refractivity contribution in [3.05, 3.63) is 29.6 Å². The minimum atomic E-state index is -0.473. The molecule has 6 heteroatoms. The Hall–Kier alpha value is -2.11. The van der Waals surface area contributed by atoms with Crippen LogP contribution in [0.25, 0.3) is 0 Å². The molecule has 0 saturated carbocycles. The van der Waals surface area contributed by atoms with Crippen molar-refractivity contribution in [1.82, 2.24) is 9.80 Å². The highest BCUT2D eigenvalue weighted by Gasteiger charge is 2.26. The monoisotopic (exact) mass is 294 g/mol. The van der Waals surface area contributed by atoms with Crippen molar-refractivity contribution in [3.8, 4) is 5.75 Å². The van der Waals surface area contributed by atoms with Crippen molar-refractivity contribution >= 4 is 11.8 Å². The summed E-state index contributed by atoms with van der Waals surface area (Å²) in [6.07, 6.45) is 0.464. The third kappa shape index (κ3) is 3.32. The maximum absolute atomic E-state index is 13.3. The second-order valence-corrected chi connectivity index (χ2v) is 4.87. The van der Waals surface area contributed by atoms with Crippen molar-refractivity contribution in [2.75, 3.05) is 33.3 Å². The minimum Gasteiger partial charge on any atom is -0.496 e. The third-order valence-corrected chi connectivity index (χ3v) is 3.61. The largest absolute Gasteiger partial charge is 0.496 e. The maximum Gasteiger partial charge on any atom is 0.257 e. The zero-order valence-corrected chi connectivity index (χ0v) is 12.3. The second kappa shape index (κ2) is 6.56. The second-order valence-electron chi connectivity index (χ2n) is 4.87. The van der Waals surface area contributed by atoms with Gasteiger partial charge in [0.1, 0.15) is 11.6 Å². The van der Waals surface area contributed by atoms with E-state index in [0.29, 0.717) is 38.3 Å². The van der Waals surface area contributed by atoms with Crippen LogP contribution in [0.4, 0.5) is 4.39 Å². The molecule has 1 aliphatic rings. The lowest BCUT2D eigenvalue weighted by molar-refractivity contribution is -0.132. The molecule has 2 amide bonds. The normalized spacial score (nSPS) is 15.0. The molecule has 114 valence electrons. The molecule has 0 atom stereocenters. The van der Waals surface area contributed by atoms with Gasteiger partial charge in [-0.2, -0.15) is 0 Å². The number of nitrogens with zero attached hydrogens (tertiary/aromatic N) is 2. The van der Waals surface area contributed by atoms with Crippen LogP contribution < -0.4 is 4.74 Å². The topological polar surface area (TPSA) is 49.9 Å². The number of methoxy groups -OCH3 is 1. The van der Waals surface area contributed by atoms with Crippen LogP contribution in [0, 0.1) is 5.82 Å². The Labute approximate surface area is 123 Å². The molecule has 0 spiro atoms. The van der Waals surface area contributed by atoms with Crippen LogP contribution in [0.3, 0.4) is 0 Å². The lowest BCUT2D eigenvalue weighted by Crippen LogP contribution is -2.50. The van der Waals surface area contributed by atoms with Gasteiger partial charge in [-0.05, 0) is 18.2 Å². The van der Waals surface area contributed by atoms with E-state index in [1.807, 2.05) is 6.92 Å². The number of carbonyl (C=O) groups is 2. The number of rotatable bonds is 3. The SMILES string of the molecule is CCC(=O)N1CCN(C(=O)c2cc(F)ccc2OC)CC1. The molecule has 1 saturated heterocycles. The molecule has 0 bridgehead atoms. The van der Waals surface area contributed by atoms with E-state index in [0.717, 1.165) is 0 Å². The average Bonchev–Trinajstić information content (AvgIpc) is 2.53. The zero-order chi connectivity index (χ0) is 15.4. The van der Waals surface area contributed by atoms with Crippen LogP contribution in [-0.2, 0) is 4.79 Å². The van der Waals surface area contributed by atoms with Gasteiger partial charge in [-0.3, -0.25) is 9.59 Å². The van der Waals surface area contributed by atoms with Gasteiger partial charge in [0.05, 0.1) is 12.7 Å². The number of piperazine rings is 1. The molecule has 0 radical (unpaired) electrons. The van der Waals surface area contributed by atoms with Crippen LogP contribution in [-0.4, -0.2) is 54.9 Å². The summed E-state index contributed by atoms with van der Waals surface area (Å²) < 4.78 is 18.5. The van der Waals surface area contributed by atoms with E-state index in [9.17, 15) is 14.0 Å². The average molecular weight is 294 g/mol. The molecule has 1 aromatic rings. The fraction of sp³-hybridized carbons (Fsp3) is 0.467. The first-order valence-electron chi connectivity index (χ1n) is 6.97. The Morgan fingerprint density at radius 1 is 1.19 bits per heavy atom. The lowest BCUT2D eigenvalue weighted by Gasteiger charge is -2.34. The summed E-state index contributed by atoms with van der Waals surface area (Å²) in [5.74, 6) is -0.298. The van der Waals surface area contributed by atoms with Crippen molar-refractivity contribution < 1.29 is 18.7 Å². The highest BCUT2D eigenvalue weighted by molar-refractivity contribution is 5.97. The van der Waals surface area contributed by atoms with Gasteiger partial charge in [-0.25, -0.2) is 4.39 Å². The molecule has 0 unspecified atom stereocenters. The van der Waals surface area contributed by atoms with Crippen molar-refractivity contribution in [2.45, 2.75) is 13.3 Å². The molecule has 1 aromatic carbocycles. The number of halogens is 1. The molecule has 0 N–H and O–H groups in total. The van der Waals surface area contributed by atoms with Crippen LogP contribution in [0.5, 0.6) is 5.75 Å². The van der Waals surface area contributed by atoms with E-state index in [1.54, 1.807) is 9.80 Å². The predicted octanol–water partition coefficient (Wildman–Crippen LogP) is 1.53. The molecule has 0 aliphatic carbocycles. The van der Waals surface area contributed by atoms with E-state index >= 15 is 0 Å². The van der Waals surface area contributed by atoms with Crippen LogP contribution in [0.1, 0.15) is 23.7 Å². The van der Waals surface area contributed by atoms with E-state index in [2.05, 4.69) is 0 Å². The van der Waals surface area contributed by atoms with E-state index in [-0.39, 0.29) is 17.4 Å². The summed E-state index contributed by atoms with van der Waals surface area (Å²) in [5.41, 5.74) is 0.216. The quantitative estimate of drug-likeness (QED) is 0.849. The Balaban J connectivity index is 2.09. The highest BCUT2D eigenvalue weighted by Crippen LogP contribution is 2.21. The Kier molecular flexibility index (Phi) is 4.77. The highest BCUT2D eigenvalue weighted by atomic mass is 19.1. The van der Waals surface area contributed by atoms with Gasteiger partial charge in [0.15, 0.2) is 0 Å². The number of benzene rings is 1. The van der Waals surface area contributed by atoms with E-state index < -0.39 is 5.82 Å². The number of hydrogen-bond acceptors (Lipinski definition) is 3. The maximum atomic E-state index is 13.3. The van der Waals surface area contributed by atoms with Gasteiger partial charge in [0.25, 0.3) is 5.91 Å². The minimum absolute atomic E-state index is 0.0884. The predicted molar refractivity (Wildman–Crippen MR) is 75.7 cm³/mol. The molecule has 5 nitrogen and oxygen atoms in total. The first kappa shape index (κ1) is 15.3. The van der Waals surface area contributed by atoms with Gasteiger partial charge in [0.2, 0.25) is 5.91 Å². The van der Waals surface area contributed by atoms with Gasteiger partial charge in [-0.1, -0.05) is 6.92 Å². The molecule has 1 fully saturated rings. The van der Waals surface area contributed by atoms with Crippen molar-refractivity contribution in [1.29, 1.82) is 0 Å². The van der Waals surface area contributed by atoms with Gasteiger partial charge < -0.3 is 14.5 Å². The first-order chi connectivity index (χ1) is 10.1. The summed E-state index contributed by atoms with van der Waals surface area (Å²) in [4.78, 5) is 27.4. The van der Waals surface area contributed by atoms with E-state index in [4.69, 9.17) is 4.74 Å². The number of ether oxygens (including phenoxy) is 1. The van der Waals surface area contributed by atoms with Crippen molar-refractivity contribution in [2.24, 2.45) is 0 Å². The summed E-state index contributed by atoms with van der Waals surface area (Å²) in [6.45, 7) is 3.73. The first-order valence-corrected chi connectivity index (χ1v) is 6.97. The van der Waals surface area contributed by atoms with Crippen LogP contribution >= 0.6 is 0 Å². The fourth-order valence-corrected chi connectivity index (χ4v) is 2.40. The smallest absolute Gasteiger partial charge is 0.257 e.